The molecule has 1 aromatic carbocycles. The van der Waals surface area contributed by atoms with Gasteiger partial charge in [-0.3, -0.25) is 10.1 Å². The predicted molar refractivity (Wildman–Crippen MR) is 82.6 cm³/mol. The number of ether oxygens (including phenoxy) is 1. The van der Waals surface area contributed by atoms with E-state index in [1.54, 1.807) is 6.07 Å². The fourth-order valence-corrected chi connectivity index (χ4v) is 2.69. The highest BCUT2D eigenvalue weighted by atomic mass is 16.6. The van der Waals surface area contributed by atoms with Crippen molar-refractivity contribution in [3.05, 3.63) is 64.3 Å². The molecule has 3 rings (SSSR count). The van der Waals surface area contributed by atoms with Crippen molar-refractivity contribution in [3.63, 3.8) is 0 Å². The average molecular weight is 299 g/mol. The second-order valence-electron chi connectivity index (χ2n) is 5.29. The minimum absolute atomic E-state index is 0.00286. The highest BCUT2D eigenvalue weighted by Crippen LogP contribution is 2.34. The molecule has 22 heavy (non-hydrogen) atoms. The fraction of sp³-hybridized carbons (Fsp3) is 0.312. The summed E-state index contributed by atoms with van der Waals surface area (Å²) in [6.07, 6.45) is 2.34. The van der Waals surface area contributed by atoms with Crippen LogP contribution in [0.5, 0.6) is 0 Å². The molecule has 1 aliphatic rings. The predicted octanol–water partition coefficient (Wildman–Crippen LogP) is 3.18. The quantitative estimate of drug-likeness (QED) is 0.677. The molecule has 2 unspecified atom stereocenters. The van der Waals surface area contributed by atoms with Gasteiger partial charge in [-0.2, -0.15) is 0 Å². The third-order valence-corrected chi connectivity index (χ3v) is 3.85. The smallest absolute Gasteiger partial charge is 0.287 e. The van der Waals surface area contributed by atoms with Crippen molar-refractivity contribution < 1.29 is 9.66 Å². The van der Waals surface area contributed by atoms with Crippen LogP contribution in [0, 0.1) is 16.0 Å². The van der Waals surface area contributed by atoms with Crippen LogP contribution >= 0.6 is 0 Å². The van der Waals surface area contributed by atoms with Gasteiger partial charge in [-0.15, -0.1) is 0 Å². The second-order valence-corrected chi connectivity index (χ2v) is 5.29. The number of aromatic nitrogens is 1. The Bertz CT molecular complexity index is 631. The molecule has 2 heterocycles. The van der Waals surface area contributed by atoms with Gasteiger partial charge in [-0.1, -0.05) is 30.3 Å². The van der Waals surface area contributed by atoms with Crippen LogP contribution in [0.1, 0.15) is 18.1 Å². The zero-order chi connectivity index (χ0) is 15.4. The molecule has 114 valence electrons. The zero-order valence-electron chi connectivity index (χ0n) is 12.0. The minimum atomic E-state index is -0.451. The normalized spacial score (nSPS) is 20.7. The first kappa shape index (κ1) is 14.5. The molecule has 0 saturated carbocycles. The lowest BCUT2D eigenvalue weighted by Crippen LogP contribution is -2.18. The van der Waals surface area contributed by atoms with Gasteiger partial charge in [0.2, 0.25) is 0 Å². The Labute approximate surface area is 128 Å². The number of hydrogen-bond acceptors (Lipinski definition) is 5. The Hall–Kier alpha value is -2.47. The van der Waals surface area contributed by atoms with E-state index in [2.05, 4.69) is 22.4 Å². The van der Waals surface area contributed by atoms with Crippen molar-refractivity contribution in [2.24, 2.45) is 5.92 Å². The largest absolute Gasteiger partial charge is 0.373 e. The molecule has 0 amide bonds. The SMILES string of the molecule is O=[N+]([O-])c1ccc(NCC2CCOC2c2ccccc2)nc1. The maximum absolute atomic E-state index is 10.6. The van der Waals surface area contributed by atoms with E-state index in [0.29, 0.717) is 11.7 Å². The molecule has 0 radical (unpaired) electrons. The van der Waals surface area contributed by atoms with Crippen LogP contribution < -0.4 is 5.32 Å². The van der Waals surface area contributed by atoms with Crippen LogP contribution in [0.2, 0.25) is 0 Å². The Morgan fingerprint density at radius 2 is 2.09 bits per heavy atom. The van der Waals surface area contributed by atoms with Gasteiger partial charge in [0.25, 0.3) is 5.69 Å². The van der Waals surface area contributed by atoms with Crippen molar-refractivity contribution in [3.8, 4) is 0 Å². The third kappa shape index (κ3) is 3.23. The van der Waals surface area contributed by atoms with E-state index in [9.17, 15) is 10.1 Å². The summed E-state index contributed by atoms with van der Waals surface area (Å²) in [4.78, 5) is 14.2. The molecule has 1 aromatic heterocycles. The summed E-state index contributed by atoms with van der Waals surface area (Å²) in [7, 11) is 0. The maximum Gasteiger partial charge on any atom is 0.287 e. The number of nitrogens with one attached hydrogen (secondary N) is 1. The first-order valence-corrected chi connectivity index (χ1v) is 7.25. The highest BCUT2D eigenvalue weighted by Gasteiger charge is 2.29. The lowest BCUT2D eigenvalue weighted by atomic mass is 9.95. The van der Waals surface area contributed by atoms with Crippen molar-refractivity contribution >= 4 is 11.5 Å². The molecular weight excluding hydrogens is 282 g/mol. The summed E-state index contributed by atoms with van der Waals surface area (Å²) < 4.78 is 5.84. The molecule has 6 nitrogen and oxygen atoms in total. The van der Waals surface area contributed by atoms with Gasteiger partial charge in [0.1, 0.15) is 12.0 Å². The van der Waals surface area contributed by atoms with E-state index in [0.717, 1.165) is 19.6 Å². The van der Waals surface area contributed by atoms with Gasteiger partial charge in [0.15, 0.2) is 0 Å². The van der Waals surface area contributed by atoms with Crippen LogP contribution in [0.4, 0.5) is 11.5 Å². The first-order valence-electron chi connectivity index (χ1n) is 7.25. The topological polar surface area (TPSA) is 77.3 Å². The van der Waals surface area contributed by atoms with Crippen LogP contribution in [-0.4, -0.2) is 23.1 Å². The van der Waals surface area contributed by atoms with Crippen molar-refractivity contribution in [2.45, 2.75) is 12.5 Å². The van der Waals surface area contributed by atoms with E-state index in [1.165, 1.54) is 17.8 Å². The van der Waals surface area contributed by atoms with Crippen molar-refractivity contribution in [1.82, 2.24) is 4.98 Å². The van der Waals surface area contributed by atoms with Crippen molar-refractivity contribution in [2.75, 3.05) is 18.5 Å². The van der Waals surface area contributed by atoms with Crippen LogP contribution in [0.25, 0.3) is 0 Å². The molecule has 2 aromatic rings. The fourth-order valence-electron chi connectivity index (χ4n) is 2.69. The molecule has 0 bridgehead atoms. The van der Waals surface area contributed by atoms with Gasteiger partial charge >= 0.3 is 0 Å². The third-order valence-electron chi connectivity index (χ3n) is 3.85. The number of nitro groups is 1. The van der Waals surface area contributed by atoms with Gasteiger partial charge in [-0.05, 0) is 18.1 Å². The average Bonchev–Trinajstić information content (AvgIpc) is 3.02. The van der Waals surface area contributed by atoms with E-state index in [4.69, 9.17) is 4.74 Å². The molecule has 0 spiro atoms. The monoisotopic (exact) mass is 299 g/mol. The van der Waals surface area contributed by atoms with Gasteiger partial charge in [0.05, 0.1) is 11.0 Å². The summed E-state index contributed by atoms with van der Waals surface area (Å²) in [5, 5.41) is 13.8. The molecule has 2 atom stereocenters. The number of hydrogen-bond donors (Lipinski definition) is 1. The van der Waals surface area contributed by atoms with Crippen LogP contribution in [0.15, 0.2) is 48.7 Å². The van der Waals surface area contributed by atoms with Gasteiger partial charge in [-0.25, -0.2) is 4.98 Å². The maximum atomic E-state index is 10.6. The Kier molecular flexibility index (Phi) is 4.29. The number of rotatable bonds is 5. The van der Waals surface area contributed by atoms with Crippen molar-refractivity contribution in [1.29, 1.82) is 0 Å². The van der Waals surface area contributed by atoms with Crippen LogP contribution in [0.3, 0.4) is 0 Å². The Morgan fingerprint density at radius 1 is 1.27 bits per heavy atom. The second kappa shape index (κ2) is 6.53. The molecule has 1 N–H and O–H groups in total. The molecule has 0 aliphatic carbocycles. The first-order chi connectivity index (χ1) is 10.7. The Morgan fingerprint density at radius 3 is 2.77 bits per heavy atom. The number of pyridine rings is 1. The number of anilines is 1. The minimum Gasteiger partial charge on any atom is -0.373 e. The summed E-state index contributed by atoms with van der Waals surface area (Å²) in [6, 6.07) is 13.3. The lowest BCUT2D eigenvalue weighted by Gasteiger charge is -2.19. The Balaban J connectivity index is 1.62. The van der Waals surface area contributed by atoms with E-state index >= 15 is 0 Å². The number of nitrogens with zero attached hydrogens (tertiary/aromatic N) is 2. The van der Waals surface area contributed by atoms with Gasteiger partial charge in [0, 0.05) is 25.1 Å². The number of benzene rings is 1. The van der Waals surface area contributed by atoms with E-state index in [1.807, 2.05) is 18.2 Å². The molecular formula is C16H17N3O3. The molecule has 1 aliphatic heterocycles. The summed E-state index contributed by atoms with van der Waals surface area (Å²) >= 11 is 0. The lowest BCUT2D eigenvalue weighted by molar-refractivity contribution is -0.385. The van der Waals surface area contributed by atoms with Crippen LogP contribution in [-0.2, 0) is 4.74 Å². The van der Waals surface area contributed by atoms with E-state index in [-0.39, 0.29) is 11.8 Å². The molecule has 1 fully saturated rings. The zero-order valence-corrected chi connectivity index (χ0v) is 12.0. The molecule has 6 heteroatoms. The standard InChI is InChI=1S/C16H17N3O3/c20-19(21)14-6-7-15(18-11-14)17-10-13-8-9-22-16(13)12-4-2-1-3-5-12/h1-7,11,13,16H,8-10H2,(H,17,18). The van der Waals surface area contributed by atoms with Gasteiger partial charge < -0.3 is 10.1 Å². The summed E-state index contributed by atoms with van der Waals surface area (Å²) in [5.41, 5.74) is 1.18. The summed E-state index contributed by atoms with van der Waals surface area (Å²) in [6.45, 7) is 1.48. The van der Waals surface area contributed by atoms with E-state index < -0.39 is 4.92 Å². The molecule has 1 saturated heterocycles. The summed E-state index contributed by atoms with van der Waals surface area (Å²) in [5.74, 6) is 1.00. The highest BCUT2D eigenvalue weighted by molar-refractivity contribution is 5.40.